The van der Waals surface area contributed by atoms with Crippen molar-refractivity contribution in [2.24, 2.45) is 0 Å². The fourth-order valence-corrected chi connectivity index (χ4v) is 3.34. The summed E-state index contributed by atoms with van der Waals surface area (Å²) in [5.41, 5.74) is -0.245. The molecule has 1 heterocycles. The van der Waals surface area contributed by atoms with Crippen molar-refractivity contribution in [2.45, 2.75) is 4.90 Å². The molecule has 0 radical (unpaired) electrons. The molecule has 144 valence electrons. The SMILES string of the molecule is COc1ccc(S(=O)(=O)Nc2cccc(Oc3cnccn3)c2)cc1[N+](=O)[O-]. The van der Waals surface area contributed by atoms with Gasteiger partial charge >= 0.3 is 5.69 Å². The van der Waals surface area contributed by atoms with Crippen LogP contribution in [0.25, 0.3) is 0 Å². The number of sulfonamides is 1. The maximum Gasteiger partial charge on any atom is 0.312 e. The third-order valence-corrected chi connectivity index (χ3v) is 4.88. The number of hydrogen-bond donors (Lipinski definition) is 1. The van der Waals surface area contributed by atoms with E-state index in [1.165, 1.54) is 50.0 Å². The lowest BCUT2D eigenvalue weighted by Crippen LogP contribution is -2.13. The average Bonchev–Trinajstić information content (AvgIpc) is 2.68. The van der Waals surface area contributed by atoms with Crippen molar-refractivity contribution in [3.05, 3.63) is 71.2 Å². The minimum Gasteiger partial charge on any atom is -0.490 e. The molecule has 0 atom stereocenters. The third-order valence-electron chi connectivity index (χ3n) is 3.51. The molecule has 0 bridgehead atoms. The zero-order chi connectivity index (χ0) is 20.1. The molecule has 0 unspecified atom stereocenters. The Morgan fingerprint density at radius 3 is 2.64 bits per heavy atom. The van der Waals surface area contributed by atoms with Gasteiger partial charge in [0, 0.05) is 24.5 Å². The molecule has 0 aliphatic rings. The number of nitrogens with one attached hydrogen (secondary N) is 1. The molecule has 11 heteroatoms. The fourth-order valence-electron chi connectivity index (χ4n) is 2.28. The second-order valence-corrected chi connectivity index (χ2v) is 7.05. The highest BCUT2D eigenvalue weighted by Gasteiger charge is 2.22. The van der Waals surface area contributed by atoms with Gasteiger partial charge in [-0.2, -0.15) is 0 Å². The summed E-state index contributed by atoms with van der Waals surface area (Å²) in [5.74, 6) is 0.540. The molecule has 1 N–H and O–H groups in total. The predicted octanol–water partition coefficient (Wildman–Crippen LogP) is 2.99. The number of hydrogen-bond acceptors (Lipinski definition) is 8. The van der Waals surface area contributed by atoms with Crippen molar-refractivity contribution in [2.75, 3.05) is 11.8 Å². The minimum atomic E-state index is -4.08. The number of anilines is 1. The Labute approximate surface area is 160 Å². The second-order valence-electron chi connectivity index (χ2n) is 5.37. The van der Waals surface area contributed by atoms with Crippen LogP contribution in [-0.4, -0.2) is 30.4 Å². The number of nitro groups is 1. The van der Waals surface area contributed by atoms with Crippen LogP contribution in [0.5, 0.6) is 17.4 Å². The van der Waals surface area contributed by atoms with E-state index in [1.807, 2.05) is 0 Å². The number of ether oxygens (including phenoxy) is 2. The van der Waals surface area contributed by atoms with Crippen LogP contribution >= 0.6 is 0 Å². The van der Waals surface area contributed by atoms with Crippen molar-refractivity contribution in [1.29, 1.82) is 0 Å². The summed E-state index contributed by atoms with van der Waals surface area (Å²) >= 11 is 0. The molecule has 28 heavy (non-hydrogen) atoms. The van der Waals surface area contributed by atoms with Crippen molar-refractivity contribution in [3.8, 4) is 17.4 Å². The van der Waals surface area contributed by atoms with Gasteiger partial charge in [0.25, 0.3) is 10.0 Å². The van der Waals surface area contributed by atoms with Crippen molar-refractivity contribution >= 4 is 21.4 Å². The van der Waals surface area contributed by atoms with Crippen LogP contribution in [0.15, 0.2) is 66.0 Å². The van der Waals surface area contributed by atoms with Gasteiger partial charge in [0.1, 0.15) is 5.75 Å². The number of nitrogens with zero attached hydrogens (tertiary/aromatic N) is 3. The molecule has 10 nitrogen and oxygen atoms in total. The molecular formula is C17H14N4O6S. The largest absolute Gasteiger partial charge is 0.490 e. The molecule has 0 spiro atoms. The molecule has 0 aliphatic carbocycles. The Morgan fingerprint density at radius 2 is 1.96 bits per heavy atom. The van der Waals surface area contributed by atoms with Gasteiger partial charge < -0.3 is 9.47 Å². The number of nitro benzene ring substituents is 1. The minimum absolute atomic E-state index is 0.0386. The number of benzene rings is 2. The van der Waals surface area contributed by atoms with Gasteiger partial charge in [0.05, 0.1) is 28.8 Å². The maximum absolute atomic E-state index is 12.6. The van der Waals surface area contributed by atoms with Gasteiger partial charge in [-0.05, 0) is 24.3 Å². The van der Waals surface area contributed by atoms with Crippen LogP contribution < -0.4 is 14.2 Å². The standard InChI is InChI=1S/C17H14N4O6S/c1-26-16-6-5-14(10-15(16)21(22)23)28(24,25)20-12-3-2-4-13(9-12)27-17-11-18-7-8-19-17/h2-11,20H,1H3. The highest BCUT2D eigenvalue weighted by atomic mass is 32.2. The van der Waals surface area contributed by atoms with E-state index >= 15 is 0 Å². The first-order chi connectivity index (χ1) is 13.4. The molecule has 3 aromatic rings. The van der Waals surface area contributed by atoms with Gasteiger partial charge in [-0.1, -0.05) is 6.07 Å². The van der Waals surface area contributed by atoms with Crippen LogP contribution in [0.1, 0.15) is 0 Å². The van der Waals surface area contributed by atoms with E-state index < -0.39 is 20.6 Å². The predicted molar refractivity (Wildman–Crippen MR) is 99.0 cm³/mol. The van der Waals surface area contributed by atoms with Crippen LogP contribution in [0.3, 0.4) is 0 Å². The first kappa shape index (κ1) is 19.0. The third kappa shape index (κ3) is 4.32. The zero-order valence-corrected chi connectivity index (χ0v) is 15.3. The van der Waals surface area contributed by atoms with E-state index in [1.54, 1.807) is 12.1 Å². The average molecular weight is 402 g/mol. The summed E-state index contributed by atoms with van der Waals surface area (Å²) in [6.07, 6.45) is 4.36. The van der Waals surface area contributed by atoms with Crippen LogP contribution in [-0.2, 0) is 10.0 Å². The lowest BCUT2D eigenvalue weighted by Gasteiger charge is -2.10. The topological polar surface area (TPSA) is 134 Å². The van der Waals surface area contributed by atoms with E-state index in [9.17, 15) is 18.5 Å². The van der Waals surface area contributed by atoms with Crippen LogP contribution in [0, 0.1) is 10.1 Å². The molecule has 3 rings (SSSR count). The lowest BCUT2D eigenvalue weighted by atomic mass is 10.3. The van der Waals surface area contributed by atoms with E-state index in [0.717, 1.165) is 6.07 Å². The molecule has 0 fully saturated rings. The Hall–Kier alpha value is -3.73. The van der Waals surface area contributed by atoms with Crippen LogP contribution in [0.2, 0.25) is 0 Å². The Balaban J connectivity index is 1.86. The summed E-state index contributed by atoms with van der Waals surface area (Å²) < 4.78 is 38.0. The highest BCUT2D eigenvalue weighted by Crippen LogP contribution is 2.30. The zero-order valence-electron chi connectivity index (χ0n) is 14.5. The Morgan fingerprint density at radius 1 is 1.14 bits per heavy atom. The van der Waals surface area contributed by atoms with Crippen molar-refractivity contribution in [1.82, 2.24) is 9.97 Å². The van der Waals surface area contributed by atoms with Gasteiger partial charge in [-0.25, -0.2) is 13.4 Å². The summed E-state index contributed by atoms with van der Waals surface area (Å²) in [4.78, 5) is 18.0. The summed E-state index contributed by atoms with van der Waals surface area (Å²) in [5, 5.41) is 11.1. The molecule has 0 saturated heterocycles. The van der Waals surface area contributed by atoms with Gasteiger partial charge in [0.15, 0.2) is 5.75 Å². The van der Waals surface area contributed by atoms with E-state index in [0.29, 0.717) is 5.75 Å². The van der Waals surface area contributed by atoms with Gasteiger partial charge in [-0.15, -0.1) is 0 Å². The van der Waals surface area contributed by atoms with E-state index in [4.69, 9.17) is 9.47 Å². The normalized spacial score (nSPS) is 10.9. The molecule has 0 aliphatic heterocycles. The van der Waals surface area contributed by atoms with Gasteiger partial charge in [0.2, 0.25) is 5.88 Å². The second kappa shape index (κ2) is 7.88. The summed E-state index contributed by atoms with van der Waals surface area (Å²) in [7, 11) is -2.82. The number of rotatable bonds is 7. The van der Waals surface area contributed by atoms with Crippen molar-refractivity contribution < 1.29 is 22.8 Å². The van der Waals surface area contributed by atoms with Crippen LogP contribution in [0.4, 0.5) is 11.4 Å². The monoisotopic (exact) mass is 402 g/mol. The molecule has 2 aromatic carbocycles. The summed E-state index contributed by atoms with van der Waals surface area (Å²) in [6.45, 7) is 0. The summed E-state index contributed by atoms with van der Waals surface area (Å²) in [6, 6.07) is 9.53. The maximum atomic E-state index is 12.6. The van der Waals surface area contributed by atoms with Gasteiger partial charge in [-0.3, -0.25) is 19.8 Å². The molecule has 0 amide bonds. The van der Waals surface area contributed by atoms with Crippen molar-refractivity contribution in [3.63, 3.8) is 0 Å². The first-order valence-electron chi connectivity index (χ1n) is 7.78. The quantitative estimate of drug-likeness (QED) is 0.471. The molecule has 1 aromatic heterocycles. The van der Waals surface area contributed by atoms with E-state index in [-0.39, 0.29) is 22.2 Å². The fraction of sp³-hybridized carbons (Fsp3) is 0.0588. The molecule has 0 saturated carbocycles. The number of aromatic nitrogens is 2. The molecular weight excluding hydrogens is 388 g/mol. The Bertz CT molecular complexity index is 1110. The smallest absolute Gasteiger partial charge is 0.312 e. The Kier molecular flexibility index (Phi) is 5.36. The first-order valence-corrected chi connectivity index (χ1v) is 9.26. The lowest BCUT2D eigenvalue weighted by molar-refractivity contribution is -0.386. The van der Waals surface area contributed by atoms with E-state index in [2.05, 4.69) is 14.7 Å². The highest BCUT2D eigenvalue weighted by molar-refractivity contribution is 7.92. The number of methoxy groups -OCH3 is 1.